The van der Waals surface area contributed by atoms with E-state index in [1.807, 2.05) is 0 Å². The van der Waals surface area contributed by atoms with E-state index in [2.05, 4.69) is 20.8 Å². The van der Waals surface area contributed by atoms with Gasteiger partial charge in [0.25, 0.3) is 0 Å². The van der Waals surface area contributed by atoms with Crippen LogP contribution in [0.1, 0.15) is 97.8 Å². The monoisotopic (exact) mass is 432 g/mol. The van der Waals surface area contributed by atoms with E-state index >= 15 is 0 Å². The predicted molar refractivity (Wildman–Crippen MR) is 108 cm³/mol. The molecule has 0 aliphatic rings. The minimum atomic E-state index is -10.7. The number of rotatable bonds is 15. The summed E-state index contributed by atoms with van der Waals surface area (Å²) in [5, 5.41) is 0. The molecule has 0 saturated carbocycles. The first-order valence-corrected chi connectivity index (χ1v) is 13.8. The second kappa shape index (κ2) is 13.5. The Kier molecular flexibility index (Phi) is 14.9. The number of hydrogen-bond acceptors (Lipinski definition) is 0. The fourth-order valence-corrected chi connectivity index (χ4v) is 4.24. The summed E-state index contributed by atoms with van der Waals surface area (Å²) in [5.41, 5.74) is 0. The van der Waals surface area contributed by atoms with Gasteiger partial charge in [0.15, 0.2) is 0 Å². The Bertz CT molecular complexity index is 302. The molecule has 0 bridgehead atoms. The molecular weight excluding hydrogens is 393 g/mol. The van der Waals surface area contributed by atoms with E-state index in [1.165, 1.54) is 94.3 Å². The van der Waals surface area contributed by atoms with Gasteiger partial charge in [-0.1, -0.05) is 71.1 Å². The molecule has 0 aromatic rings. The van der Waals surface area contributed by atoms with Crippen LogP contribution >= 0.6 is 7.81 Å². The van der Waals surface area contributed by atoms with Crippen LogP contribution in [-0.2, 0) is 10.9 Å². The summed E-state index contributed by atoms with van der Waals surface area (Å²) in [7, 11) is -9.91. The summed E-state index contributed by atoms with van der Waals surface area (Å²) in [6, 6.07) is 0. The Balaban J connectivity index is 0. The van der Waals surface area contributed by atoms with E-state index < -0.39 is 7.81 Å². The van der Waals surface area contributed by atoms with Crippen LogP contribution in [0.4, 0.5) is 25.2 Å². The molecule has 164 valence electrons. The second-order valence-electron chi connectivity index (χ2n) is 6.74. The fraction of sp³-hybridized carbons (Fsp3) is 1.00. The Morgan fingerprint density at radius 2 is 0.769 bits per heavy atom. The first-order chi connectivity index (χ1) is 11.8. The van der Waals surface area contributed by atoms with Crippen molar-refractivity contribution >= 4 is 18.7 Å². The zero-order valence-corrected chi connectivity index (χ0v) is 18.4. The van der Waals surface area contributed by atoms with Gasteiger partial charge in [-0.25, -0.2) is 0 Å². The first kappa shape index (κ1) is 28.6. The summed E-state index contributed by atoms with van der Waals surface area (Å²) in [4.78, 5) is 0. The second-order valence-corrected chi connectivity index (χ2v) is 11.4. The van der Waals surface area contributed by atoms with Gasteiger partial charge in [-0.2, -0.15) is 0 Å². The molecule has 0 atom stereocenters. The average molecular weight is 433 g/mol. The normalized spacial score (nSPS) is 14.5. The van der Waals surface area contributed by atoms with Gasteiger partial charge >= 0.3 is 33.0 Å². The third-order valence-corrected chi connectivity index (χ3v) is 6.60. The zero-order chi connectivity index (χ0) is 20.6. The maximum absolute atomic E-state index is 10.7. The van der Waals surface area contributed by atoms with Crippen molar-refractivity contribution in [2.24, 2.45) is 0 Å². The molecule has 0 aromatic heterocycles. The molecule has 0 aliphatic carbocycles. The summed E-state index contributed by atoms with van der Waals surface area (Å²) in [5.74, 6) is 4.33. The molecule has 0 saturated heterocycles. The van der Waals surface area contributed by atoms with E-state index in [-0.39, 0.29) is 0 Å². The van der Waals surface area contributed by atoms with Gasteiger partial charge in [0.2, 0.25) is 0 Å². The molecule has 0 fully saturated rings. The quantitative estimate of drug-likeness (QED) is 0.105. The average Bonchev–Trinajstić information content (AvgIpc) is 2.49. The predicted octanol–water partition coefficient (Wildman–Crippen LogP) is 9.73. The van der Waals surface area contributed by atoms with Gasteiger partial charge in [0, 0.05) is 0 Å². The van der Waals surface area contributed by atoms with Gasteiger partial charge in [-0.15, -0.1) is 0 Å². The molecule has 0 nitrogen and oxygen atoms in total. The molecule has 0 heterocycles. The van der Waals surface area contributed by atoms with Crippen molar-refractivity contribution in [3.05, 3.63) is 0 Å². The van der Waals surface area contributed by atoms with Crippen molar-refractivity contribution in [3.8, 4) is 0 Å². The van der Waals surface area contributed by atoms with Crippen molar-refractivity contribution < 1.29 is 25.2 Å². The van der Waals surface area contributed by atoms with Crippen molar-refractivity contribution in [3.63, 3.8) is 0 Å². The summed E-state index contributed by atoms with van der Waals surface area (Å²) < 4.78 is 59.2. The van der Waals surface area contributed by atoms with E-state index in [4.69, 9.17) is 0 Å². The van der Waals surface area contributed by atoms with Crippen LogP contribution in [0.15, 0.2) is 0 Å². The Hall–Kier alpha value is 0.360. The Labute approximate surface area is 159 Å². The van der Waals surface area contributed by atoms with Crippen LogP contribution in [0, 0.1) is 0 Å². The number of halogens is 6. The van der Waals surface area contributed by atoms with E-state index in [0.29, 0.717) is 0 Å². The molecule has 8 heteroatoms. The van der Waals surface area contributed by atoms with Crippen LogP contribution in [0.25, 0.3) is 0 Å². The summed E-state index contributed by atoms with van der Waals surface area (Å²) in [6.07, 6.45) is 17.6. The van der Waals surface area contributed by atoms with E-state index in [0.717, 1.165) is 10.9 Å². The van der Waals surface area contributed by atoms with Crippen LogP contribution < -0.4 is 0 Å². The third-order valence-electron chi connectivity index (χ3n) is 4.10. The molecule has 0 rings (SSSR count). The van der Waals surface area contributed by atoms with Gasteiger partial charge in [0.1, 0.15) is 17.3 Å². The fourth-order valence-electron chi connectivity index (χ4n) is 2.64. The first-order valence-electron chi connectivity index (χ1n) is 10.0. The minimum absolute atomic E-state index is 0.747. The molecule has 0 spiro atoms. The molecule has 0 N–H and O–H groups in total. The maximum atomic E-state index is 9.87. The summed E-state index contributed by atoms with van der Waals surface area (Å²) in [6.45, 7) is 7.00. The van der Waals surface area contributed by atoms with Gasteiger partial charge in [-0.05, 0) is 37.6 Å². The molecule has 26 heavy (non-hydrogen) atoms. The van der Waals surface area contributed by atoms with Crippen molar-refractivity contribution in [1.29, 1.82) is 0 Å². The van der Waals surface area contributed by atoms with Crippen LogP contribution in [-0.4, -0.2) is 17.3 Å². The van der Waals surface area contributed by atoms with E-state index in [9.17, 15) is 25.2 Å². The standard InChI is InChI=1S/C18H39S.F6P/c1-4-7-8-9-10-11-12-13-14-15-16-17-18-19(5-2)6-3;1-7(2,3,4,5)6/h4-18H2,1-3H3;/q+1;-1. The Morgan fingerprint density at radius 1 is 0.500 bits per heavy atom. The molecule has 0 aromatic carbocycles. The molecule has 0 radical (unpaired) electrons. The van der Waals surface area contributed by atoms with Gasteiger partial charge < -0.3 is 0 Å². The topological polar surface area (TPSA) is 0 Å². The van der Waals surface area contributed by atoms with Crippen molar-refractivity contribution in [2.45, 2.75) is 97.8 Å². The third kappa shape index (κ3) is 39.4. The molecule has 0 amide bonds. The van der Waals surface area contributed by atoms with E-state index in [1.54, 1.807) is 0 Å². The van der Waals surface area contributed by atoms with Gasteiger partial charge in [-0.3, -0.25) is 0 Å². The molecule has 0 unspecified atom stereocenters. The zero-order valence-electron chi connectivity index (χ0n) is 16.7. The number of unbranched alkanes of at least 4 members (excludes halogenated alkanes) is 11. The molecular formula is C18H39F6PS. The Morgan fingerprint density at radius 3 is 1.04 bits per heavy atom. The number of hydrogen-bond donors (Lipinski definition) is 0. The van der Waals surface area contributed by atoms with Crippen LogP contribution in [0.5, 0.6) is 0 Å². The SMILES string of the molecule is CCCCCCCCCCCCCC[S+](CC)CC.F[P-](F)(F)(F)(F)F. The van der Waals surface area contributed by atoms with Crippen LogP contribution in [0.3, 0.4) is 0 Å². The molecule has 0 aliphatic heterocycles. The van der Waals surface area contributed by atoms with Crippen molar-refractivity contribution in [2.75, 3.05) is 17.3 Å². The van der Waals surface area contributed by atoms with Crippen molar-refractivity contribution in [1.82, 2.24) is 0 Å². The summed E-state index contributed by atoms with van der Waals surface area (Å²) >= 11 is 0. The van der Waals surface area contributed by atoms with Crippen LogP contribution in [0.2, 0.25) is 0 Å². The van der Waals surface area contributed by atoms with Gasteiger partial charge in [0.05, 0.1) is 0 Å².